The summed E-state index contributed by atoms with van der Waals surface area (Å²) in [7, 11) is 3.68. The molecule has 3 aromatic rings. The topological polar surface area (TPSA) is 130 Å². The van der Waals surface area contributed by atoms with E-state index in [4.69, 9.17) is 20.2 Å². The molecular formula is C55H83F2N7O3. The van der Waals surface area contributed by atoms with Gasteiger partial charge in [0.1, 0.15) is 6.29 Å². The average Bonchev–Trinajstić information content (AvgIpc) is 3.61. The van der Waals surface area contributed by atoms with Crippen LogP contribution in [0.15, 0.2) is 91.9 Å². The SMILES string of the molecule is C=C(CCc1cc(-c2ccc3c(c2)C(CC(C)(C)COC=O)C(c2cccnc2C(C)C)N3CC)cc(C(F)F)c1)N1CCCCN1.C=C(N)C(CCC1CN(C)C1)C(C)C.C=CC=O.CN. The molecule has 6 rings (SSSR count). The van der Waals surface area contributed by atoms with Crippen molar-refractivity contribution in [3.05, 3.63) is 120 Å². The molecule has 0 aliphatic carbocycles. The Morgan fingerprint density at radius 2 is 1.72 bits per heavy atom. The predicted molar refractivity (Wildman–Crippen MR) is 274 cm³/mol. The van der Waals surface area contributed by atoms with Crippen molar-refractivity contribution in [1.29, 1.82) is 0 Å². The van der Waals surface area contributed by atoms with Crippen molar-refractivity contribution in [3.8, 4) is 11.1 Å². The predicted octanol–water partition coefficient (Wildman–Crippen LogP) is 11.1. The zero-order valence-electron chi connectivity index (χ0n) is 42.2. The van der Waals surface area contributed by atoms with E-state index >= 15 is 0 Å². The number of pyridine rings is 1. The number of nitrogens with one attached hydrogen (secondary N) is 1. The Kier molecular flexibility index (Phi) is 23.4. The highest BCUT2D eigenvalue weighted by Gasteiger charge is 2.43. The molecule has 12 heteroatoms. The Morgan fingerprint density at radius 3 is 2.27 bits per heavy atom. The first kappa shape index (κ1) is 56.4. The summed E-state index contributed by atoms with van der Waals surface area (Å²) >= 11 is 0. The smallest absolute Gasteiger partial charge is 0.293 e. The van der Waals surface area contributed by atoms with Gasteiger partial charge >= 0.3 is 0 Å². The van der Waals surface area contributed by atoms with Crippen molar-refractivity contribution in [2.75, 3.05) is 58.3 Å². The molecule has 0 radical (unpaired) electrons. The molecular weight excluding hydrogens is 845 g/mol. The van der Waals surface area contributed by atoms with Crippen LogP contribution < -0.4 is 21.8 Å². The molecule has 67 heavy (non-hydrogen) atoms. The van der Waals surface area contributed by atoms with Gasteiger partial charge in [-0.1, -0.05) is 85.5 Å². The van der Waals surface area contributed by atoms with Gasteiger partial charge in [0.2, 0.25) is 0 Å². The van der Waals surface area contributed by atoms with Gasteiger partial charge < -0.3 is 31.0 Å². The number of alkyl halides is 2. The first-order valence-corrected chi connectivity index (χ1v) is 24.2. The number of hydrazine groups is 1. The van der Waals surface area contributed by atoms with Gasteiger partial charge in [0, 0.05) is 79.1 Å². The summed E-state index contributed by atoms with van der Waals surface area (Å²) in [6.07, 6.45) is 8.00. The molecule has 2 aromatic carbocycles. The number of likely N-dealkylation sites (N-methyl/N-ethyl adjacent to an activating group) is 1. The number of fused-ring (bicyclic) bond motifs is 1. The lowest BCUT2D eigenvalue weighted by Gasteiger charge is -2.37. The summed E-state index contributed by atoms with van der Waals surface area (Å²) in [5.74, 6) is 2.36. The van der Waals surface area contributed by atoms with Crippen LogP contribution in [0.2, 0.25) is 0 Å². The molecule has 4 heterocycles. The van der Waals surface area contributed by atoms with E-state index in [-0.39, 0.29) is 28.9 Å². The molecule has 0 spiro atoms. The number of carbonyl (C=O) groups excluding carboxylic acids is 2. The highest BCUT2D eigenvalue weighted by Crippen LogP contribution is 2.54. The number of benzene rings is 2. The maximum Gasteiger partial charge on any atom is 0.293 e. The summed E-state index contributed by atoms with van der Waals surface area (Å²) in [5, 5.41) is 2.10. The standard InChI is InChI=1S/C39H50F2N4O2.C12H24N2.C3H4O.CH5N/c1-7-44-35-15-14-29(30-19-28(20-31(21-30)38(40)41)13-12-27(4)45-18-9-8-17-43-45)22-33(35)34(23-39(5,6)24-47-25-46)37(44)32-11-10-16-42-36(32)26(2)3;1-9(2)12(10(3)13)6-5-11-7-14(4)8-11;1-2-3-4;1-2/h10-11,14-16,19-22,25-26,34,37-38,43H,4,7-9,12-13,17-18,23-24H2,1-3,5-6H3;9,11-12H,3,5-8,13H2,1-2,4H3;2-3H,1H2;2H2,1H3. The van der Waals surface area contributed by atoms with Crippen LogP contribution in [0.1, 0.15) is 139 Å². The number of ether oxygens (including phenoxy) is 1. The Morgan fingerprint density at radius 1 is 1.01 bits per heavy atom. The fourth-order valence-electron chi connectivity index (χ4n) is 9.79. The van der Waals surface area contributed by atoms with E-state index in [0.29, 0.717) is 44.0 Å². The number of rotatable bonds is 20. The van der Waals surface area contributed by atoms with Gasteiger partial charge in [0.05, 0.1) is 12.6 Å². The van der Waals surface area contributed by atoms with Crippen molar-refractivity contribution < 1.29 is 23.1 Å². The molecule has 0 bridgehead atoms. The number of allylic oxidation sites excluding steroid dienone is 3. The third-order valence-electron chi connectivity index (χ3n) is 13.0. The highest BCUT2D eigenvalue weighted by atomic mass is 19.3. The molecule has 2 saturated heterocycles. The molecule has 370 valence electrons. The van der Waals surface area contributed by atoms with E-state index in [1.54, 1.807) is 12.1 Å². The fourth-order valence-corrected chi connectivity index (χ4v) is 9.79. The van der Waals surface area contributed by atoms with Crippen LogP contribution in [0, 0.1) is 23.2 Å². The van der Waals surface area contributed by atoms with Crippen molar-refractivity contribution in [1.82, 2.24) is 20.3 Å². The number of nitrogens with two attached hydrogens (primary N) is 2. The summed E-state index contributed by atoms with van der Waals surface area (Å²) < 4.78 is 33.8. The third kappa shape index (κ3) is 16.4. The third-order valence-corrected chi connectivity index (χ3v) is 13.0. The van der Waals surface area contributed by atoms with Crippen LogP contribution in [0.25, 0.3) is 11.1 Å². The second-order valence-corrected chi connectivity index (χ2v) is 19.6. The first-order chi connectivity index (χ1) is 31.9. The Labute approximate surface area is 402 Å². The largest absolute Gasteiger partial charge is 0.467 e. The second-order valence-electron chi connectivity index (χ2n) is 19.6. The number of hydrogen-bond donors (Lipinski definition) is 3. The fraction of sp³-hybridized carbons (Fsp3) is 0.545. The minimum Gasteiger partial charge on any atom is -0.467 e. The molecule has 3 atom stereocenters. The zero-order valence-corrected chi connectivity index (χ0v) is 42.2. The van der Waals surface area contributed by atoms with Crippen LogP contribution >= 0.6 is 0 Å². The van der Waals surface area contributed by atoms with Gasteiger partial charge in [-0.15, -0.1) is 0 Å². The molecule has 0 amide bonds. The van der Waals surface area contributed by atoms with Crippen LogP contribution in [0.3, 0.4) is 0 Å². The van der Waals surface area contributed by atoms with Crippen molar-refractivity contribution in [2.45, 2.75) is 118 Å². The molecule has 0 saturated carbocycles. The summed E-state index contributed by atoms with van der Waals surface area (Å²) in [5.41, 5.74) is 22.5. The van der Waals surface area contributed by atoms with Crippen molar-refractivity contribution >= 4 is 18.4 Å². The maximum absolute atomic E-state index is 14.3. The van der Waals surface area contributed by atoms with Crippen LogP contribution in [-0.4, -0.2) is 81.1 Å². The number of likely N-dealkylation sites (tertiary alicyclic amines) is 1. The number of aromatic nitrogens is 1. The lowest BCUT2D eigenvalue weighted by atomic mass is 9.76. The highest BCUT2D eigenvalue weighted by molar-refractivity contribution is 5.74. The Hall–Kier alpha value is -4.91. The Bertz CT molecular complexity index is 2020. The number of nitrogens with zero attached hydrogens (tertiary/aromatic N) is 4. The van der Waals surface area contributed by atoms with E-state index < -0.39 is 6.43 Å². The van der Waals surface area contributed by atoms with E-state index in [2.05, 4.69) is 132 Å². The Balaban J connectivity index is 0.000000496. The van der Waals surface area contributed by atoms with Gasteiger partial charge in [0.25, 0.3) is 12.9 Å². The van der Waals surface area contributed by atoms with Gasteiger partial charge in [-0.3, -0.25) is 14.6 Å². The average molecular weight is 928 g/mol. The minimum absolute atomic E-state index is 0.0317. The quantitative estimate of drug-likeness (QED) is 0.0744. The summed E-state index contributed by atoms with van der Waals surface area (Å²) in [6, 6.07) is 16.0. The van der Waals surface area contributed by atoms with Gasteiger partial charge in [-0.2, -0.15) is 0 Å². The normalized spacial score (nSPS) is 17.5. The summed E-state index contributed by atoms with van der Waals surface area (Å²) in [4.78, 5) is 29.8. The number of anilines is 1. The van der Waals surface area contributed by atoms with Crippen LogP contribution in [0.5, 0.6) is 0 Å². The van der Waals surface area contributed by atoms with Gasteiger partial charge in [0.15, 0.2) is 0 Å². The molecule has 5 N–H and O–H groups in total. The van der Waals surface area contributed by atoms with Crippen LogP contribution in [-0.2, 0) is 20.7 Å². The van der Waals surface area contributed by atoms with E-state index in [1.165, 1.54) is 50.2 Å². The number of carbonyl (C=O) groups is 2. The van der Waals surface area contributed by atoms with Crippen molar-refractivity contribution in [2.24, 2.45) is 34.6 Å². The molecule has 3 aliphatic heterocycles. The number of aryl methyl sites for hydroxylation is 1. The van der Waals surface area contributed by atoms with Crippen molar-refractivity contribution in [3.63, 3.8) is 0 Å². The van der Waals surface area contributed by atoms with Gasteiger partial charge in [-0.05, 0) is 147 Å². The van der Waals surface area contributed by atoms with E-state index in [9.17, 15) is 13.6 Å². The first-order valence-electron chi connectivity index (χ1n) is 24.2. The zero-order chi connectivity index (χ0) is 49.8. The second kappa shape index (κ2) is 27.8. The molecule has 3 aliphatic rings. The lowest BCUT2D eigenvalue weighted by Crippen LogP contribution is -2.43. The molecule has 10 nitrogen and oxygen atoms in total. The number of aldehydes is 1. The van der Waals surface area contributed by atoms with E-state index in [0.717, 1.165) is 84.3 Å². The van der Waals surface area contributed by atoms with Gasteiger partial charge in [-0.25, -0.2) is 14.2 Å². The van der Waals surface area contributed by atoms with E-state index in [1.807, 2.05) is 12.3 Å². The maximum atomic E-state index is 14.3. The summed E-state index contributed by atoms with van der Waals surface area (Å²) in [6.45, 7) is 32.5. The number of hydrogen-bond acceptors (Lipinski definition) is 10. The molecule has 2 fully saturated rings. The number of halogens is 2. The molecule has 3 unspecified atom stereocenters. The van der Waals surface area contributed by atoms with Crippen LogP contribution in [0.4, 0.5) is 14.5 Å². The minimum atomic E-state index is -2.57. The monoisotopic (exact) mass is 928 g/mol. The molecule has 1 aromatic heterocycles. The lowest BCUT2D eigenvalue weighted by molar-refractivity contribution is -0.131.